The maximum atomic E-state index is 12.7. The first kappa shape index (κ1) is 16.3. The van der Waals surface area contributed by atoms with Crippen LogP contribution in [0.25, 0.3) is 0 Å². The van der Waals surface area contributed by atoms with Crippen molar-refractivity contribution in [2.45, 2.75) is 38.0 Å². The molecule has 2 unspecified atom stereocenters. The average Bonchev–Trinajstić information content (AvgIpc) is 1.98. The van der Waals surface area contributed by atoms with Crippen LogP contribution in [-0.2, 0) is 11.0 Å². The Hall–Kier alpha value is 0.280. The lowest BCUT2D eigenvalue weighted by Crippen LogP contribution is -2.46. The zero-order valence-corrected chi connectivity index (χ0v) is 11.9. The molecule has 0 bridgehead atoms. The summed E-state index contributed by atoms with van der Waals surface area (Å²) in [5, 5.41) is 0. The maximum absolute atomic E-state index is 12.7. The van der Waals surface area contributed by atoms with E-state index in [1.54, 1.807) is 20.8 Å². The predicted octanol–water partition coefficient (Wildman–Crippen LogP) is 2.21. The van der Waals surface area contributed by atoms with Crippen LogP contribution in [-0.4, -0.2) is 44.2 Å². The van der Waals surface area contributed by atoms with Crippen molar-refractivity contribution < 1.29 is 17.5 Å². The van der Waals surface area contributed by atoms with Crippen LogP contribution in [0.5, 0.6) is 0 Å². The van der Waals surface area contributed by atoms with Crippen LogP contribution in [0, 0.1) is 0 Å². The van der Waals surface area contributed by atoms with Crippen LogP contribution in [0.3, 0.4) is 0 Å². The highest BCUT2D eigenvalue weighted by Gasteiger charge is 2.30. The number of rotatable bonds is 5. The van der Waals surface area contributed by atoms with Crippen LogP contribution in [0.1, 0.15) is 20.8 Å². The molecule has 0 aliphatic heterocycles. The summed E-state index contributed by atoms with van der Waals surface area (Å²) in [5.41, 5.74) is 0. The second-order valence-corrected chi connectivity index (χ2v) is 10.4. The van der Waals surface area contributed by atoms with Gasteiger partial charge in [-0.05, 0) is 33.3 Å². The fourth-order valence-corrected chi connectivity index (χ4v) is 2.94. The molecule has 100 valence electrons. The van der Waals surface area contributed by atoms with Crippen LogP contribution in [0.4, 0.5) is 8.78 Å². The van der Waals surface area contributed by atoms with Gasteiger partial charge in [-0.1, -0.05) is 0 Å². The molecule has 2 N–H and O–H groups in total. The Labute approximate surface area is 100 Å². The summed E-state index contributed by atoms with van der Waals surface area (Å²) >= 11 is 0. The van der Waals surface area contributed by atoms with Gasteiger partial charge in [-0.15, -0.1) is 10.3 Å². The molecule has 0 aliphatic carbocycles. The highest BCUT2D eigenvalue weighted by Crippen LogP contribution is 2.35. The summed E-state index contributed by atoms with van der Waals surface area (Å²) in [6.45, 7) is 5.11. The molecule has 0 aromatic rings. The second kappa shape index (κ2) is 5.75. The minimum Gasteiger partial charge on any atom is -0.352 e. The van der Waals surface area contributed by atoms with Gasteiger partial charge >= 0.3 is 0 Å². The summed E-state index contributed by atoms with van der Waals surface area (Å²) in [5.74, 6) is -0.0630. The third kappa shape index (κ3) is 6.78. The molecule has 0 aromatic carbocycles. The first-order chi connectivity index (χ1) is 6.93. The molecule has 0 saturated carbocycles. The number of hydrogen-bond acceptors (Lipinski definition) is 2. The Bertz CT molecular complexity index is 249. The number of halogens is 2. The van der Waals surface area contributed by atoms with E-state index in [-0.39, 0.29) is 5.75 Å². The predicted molar refractivity (Wildman–Crippen MR) is 67.8 cm³/mol. The number of nitrogens with one attached hydrogen (secondary N) is 1. The van der Waals surface area contributed by atoms with Gasteiger partial charge in [-0.3, -0.25) is 0 Å². The van der Waals surface area contributed by atoms with Gasteiger partial charge < -0.3 is 4.55 Å². The quantitative estimate of drug-likeness (QED) is 0.809. The van der Waals surface area contributed by atoms with E-state index in [2.05, 4.69) is 4.72 Å². The molecular weight excluding hydrogens is 256 g/mol. The lowest BCUT2D eigenvalue weighted by molar-refractivity contribution is 0.118. The van der Waals surface area contributed by atoms with Crippen LogP contribution >= 0.6 is 10.3 Å². The molecule has 0 fully saturated rings. The minimum absolute atomic E-state index is 0.0630. The van der Waals surface area contributed by atoms with E-state index in [0.717, 1.165) is 0 Å². The van der Waals surface area contributed by atoms with E-state index < -0.39 is 38.5 Å². The second-order valence-electron chi connectivity index (χ2n) is 5.09. The Balaban J connectivity index is 4.54. The molecule has 7 heteroatoms. The monoisotopic (exact) mass is 277 g/mol. The Kier molecular flexibility index (Phi) is 5.85. The SMILES string of the molecule is CC(C)(C)S(=O)NC(CS(C)(C)O)C(F)F. The zero-order valence-electron chi connectivity index (χ0n) is 10.3. The van der Waals surface area contributed by atoms with Gasteiger partial charge in [0.25, 0.3) is 6.43 Å². The Morgan fingerprint density at radius 3 is 2.06 bits per heavy atom. The van der Waals surface area contributed by atoms with Crippen molar-refractivity contribution in [3.8, 4) is 0 Å². The maximum Gasteiger partial charge on any atom is 0.255 e. The third-order valence-corrected chi connectivity index (χ3v) is 4.51. The molecule has 3 nitrogen and oxygen atoms in total. The fraction of sp³-hybridized carbons (Fsp3) is 1.00. The summed E-state index contributed by atoms with van der Waals surface area (Å²) in [4.78, 5) is 0. The van der Waals surface area contributed by atoms with Crippen LogP contribution in [0.2, 0.25) is 0 Å². The summed E-state index contributed by atoms with van der Waals surface area (Å²) in [6.07, 6.45) is 0.430. The fourth-order valence-electron chi connectivity index (χ4n) is 0.912. The summed E-state index contributed by atoms with van der Waals surface area (Å²) < 4.78 is 48.4. The van der Waals surface area contributed by atoms with E-state index in [0.29, 0.717) is 0 Å². The molecule has 0 saturated heterocycles. The van der Waals surface area contributed by atoms with E-state index in [9.17, 15) is 17.5 Å². The van der Waals surface area contributed by atoms with Gasteiger partial charge in [0.2, 0.25) is 0 Å². The molecule has 0 radical (unpaired) electrons. The molecule has 0 aliphatic rings. The van der Waals surface area contributed by atoms with E-state index in [1.165, 1.54) is 12.5 Å². The van der Waals surface area contributed by atoms with Crippen molar-refractivity contribution in [1.82, 2.24) is 4.72 Å². The average molecular weight is 277 g/mol. The lowest BCUT2D eigenvalue weighted by Gasteiger charge is -2.30. The Morgan fingerprint density at radius 2 is 1.81 bits per heavy atom. The van der Waals surface area contributed by atoms with Crippen molar-refractivity contribution in [3.63, 3.8) is 0 Å². The lowest BCUT2D eigenvalue weighted by atomic mass is 10.3. The van der Waals surface area contributed by atoms with E-state index in [4.69, 9.17) is 0 Å². The molecule has 2 atom stereocenters. The summed E-state index contributed by atoms with van der Waals surface area (Å²) in [6, 6.07) is -1.23. The standard InChI is InChI=1S/C9H21F2NO2S2/c1-9(2,3)15(13)12-7(8(10)11)6-16(4,5)14/h7-8,12,14H,6H2,1-5H3. The normalized spacial score (nSPS) is 18.6. The first-order valence-corrected chi connectivity index (χ1v) is 8.55. The zero-order chi connectivity index (χ0) is 13.1. The van der Waals surface area contributed by atoms with Crippen LogP contribution in [0.15, 0.2) is 0 Å². The number of alkyl halides is 2. The van der Waals surface area contributed by atoms with Gasteiger partial charge in [0, 0.05) is 5.75 Å². The van der Waals surface area contributed by atoms with Gasteiger partial charge in [-0.25, -0.2) is 17.7 Å². The van der Waals surface area contributed by atoms with Gasteiger partial charge in [0.05, 0.1) is 21.8 Å². The Morgan fingerprint density at radius 1 is 1.38 bits per heavy atom. The molecule has 0 rings (SSSR count). The smallest absolute Gasteiger partial charge is 0.255 e. The number of hydrogen-bond donors (Lipinski definition) is 2. The van der Waals surface area contributed by atoms with Crippen molar-refractivity contribution in [2.24, 2.45) is 0 Å². The van der Waals surface area contributed by atoms with Gasteiger partial charge in [-0.2, -0.15) is 0 Å². The van der Waals surface area contributed by atoms with Crippen molar-refractivity contribution in [2.75, 3.05) is 18.3 Å². The third-order valence-electron chi connectivity index (χ3n) is 1.71. The summed E-state index contributed by atoms with van der Waals surface area (Å²) in [7, 11) is -3.59. The molecule has 0 spiro atoms. The highest BCUT2D eigenvalue weighted by atomic mass is 32.3. The van der Waals surface area contributed by atoms with Crippen molar-refractivity contribution >= 4 is 21.3 Å². The molecule has 0 amide bonds. The first-order valence-electron chi connectivity index (χ1n) is 4.83. The van der Waals surface area contributed by atoms with Gasteiger partial charge in [0.1, 0.15) is 0 Å². The van der Waals surface area contributed by atoms with Crippen molar-refractivity contribution in [1.29, 1.82) is 0 Å². The largest absolute Gasteiger partial charge is 0.352 e. The van der Waals surface area contributed by atoms with E-state index in [1.807, 2.05) is 0 Å². The van der Waals surface area contributed by atoms with Crippen molar-refractivity contribution in [3.05, 3.63) is 0 Å². The highest BCUT2D eigenvalue weighted by molar-refractivity contribution is 8.28. The topological polar surface area (TPSA) is 49.3 Å². The molecular formula is C9H21F2NO2S2. The molecule has 0 heterocycles. The minimum atomic E-state index is -2.63. The van der Waals surface area contributed by atoms with Crippen LogP contribution < -0.4 is 4.72 Å². The van der Waals surface area contributed by atoms with E-state index >= 15 is 0 Å². The van der Waals surface area contributed by atoms with Gasteiger partial charge in [0.15, 0.2) is 0 Å². The molecule has 0 aromatic heterocycles. The molecule has 16 heavy (non-hydrogen) atoms.